The maximum absolute atomic E-state index is 13.9. The number of thiophene rings is 1. The fourth-order valence-corrected chi connectivity index (χ4v) is 6.77. The van der Waals surface area contributed by atoms with Gasteiger partial charge in [0, 0.05) is 28.4 Å². The van der Waals surface area contributed by atoms with E-state index in [4.69, 9.17) is 9.47 Å². The van der Waals surface area contributed by atoms with Crippen LogP contribution >= 0.6 is 11.3 Å². The molecule has 3 amide bonds. The summed E-state index contributed by atoms with van der Waals surface area (Å²) in [6.07, 6.45) is 11.7. The van der Waals surface area contributed by atoms with Crippen LogP contribution in [0.2, 0.25) is 0 Å². The van der Waals surface area contributed by atoms with Gasteiger partial charge in [0.1, 0.15) is 6.54 Å². The number of benzene rings is 1. The van der Waals surface area contributed by atoms with Gasteiger partial charge in [-0.05, 0) is 68.9 Å². The molecular formula is C31H45N3O4S. The quantitative estimate of drug-likeness (QED) is 0.352. The molecule has 2 aromatic rings. The smallest absolute Gasteiger partial charge is 0.318 e. The minimum Gasteiger partial charge on any atom is -0.493 e. The average Bonchev–Trinajstić information content (AvgIpc) is 3.38. The van der Waals surface area contributed by atoms with Gasteiger partial charge in [0.2, 0.25) is 5.91 Å². The van der Waals surface area contributed by atoms with E-state index in [1.807, 2.05) is 28.0 Å². The Morgan fingerprint density at radius 1 is 0.923 bits per heavy atom. The molecule has 2 fully saturated rings. The highest BCUT2D eigenvalue weighted by atomic mass is 32.1. The van der Waals surface area contributed by atoms with E-state index in [1.54, 1.807) is 25.6 Å². The monoisotopic (exact) mass is 555 g/mol. The molecule has 4 rings (SSSR count). The summed E-state index contributed by atoms with van der Waals surface area (Å²) in [6.45, 7) is 3.32. The number of amides is 3. The summed E-state index contributed by atoms with van der Waals surface area (Å²) in [7, 11) is 3.26. The number of aryl methyl sites for hydroxylation is 1. The van der Waals surface area contributed by atoms with Crippen LogP contribution in [0, 0.1) is 6.92 Å². The predicted octanol–water partition coefficient (Wildman–Crippen LogP) is 6.32. The molecule has 8 heteroatoms. The van der Waals surface area contributed by atoms with Crippen molar-refractivity contribution < 1.29 is 19.1 Å². The molecule has 0 atom stereocenters. The second kappa shape index (κ2) is 14.6. The third kappa shape index (κ3) is 8.37. The van der Waals surface area contributed by atoms with Crippen molar-refractivity contribution in [2.24, 2.45) is 0 Å². The number of carbonyl (C=O) groups excluding carboxylic acids is 2. The van der Waals surface area contributed by atoms with Crippen molar-refractivity contribution in [3.05, 3.63) is 45.6 Å². The Balaban J connectivity index is 1.49. The lowest BCUT2D eigenvalue weighted by Gasteiger charge is -2.37. The van der Waals surface area contributed by atoms with E-state index in [2.05, 4.69) is 24.4 Å². The molecule has 0 radical (unpaired) electrons. The van der Waals surface area contributed by atoms with Crippen LogP contribution in [-0.4, -0.2) is 61.1 Å². The number of carbonyl (C=O) groups is 2. The molecule has 39 heavy (non-hydrogen) atoms. The van der Waals surface area contributed by atoms with Crippen molar-refractivity contribution in [2.45, 2.75) is 96.2 Å². The van der Waals surface area contributed by atoms with Crippen LogP contribution in [0.1, 0.15) is 79.5 Å². The van der Waals surface area contributed by atoms with E-state index in [0.717, 1.165) is 61.8 Å². The number of methoxy groups -OCH3 is 2. The molecule has 0 aliphatic heterocycles. The van der Waals surface area contributed by atoms with E-state index >= 15 is 0 Å². The topological polar surface area (TPSA) is 71.1 Å². The lowest BCUT2D eigenvalue weighted by molar-refractivity contribution is -0.133. The van der Waals surface area contributed by atoms with Crippen molar-refractivity contribution in [3.8, 4) is 11.5 Å². The fourth-order valence-electron chi connectivity index (χ4n) is 5.86. The number of urea groups is 1. The van der Waals surface area contributed by atoms with Crippen LogP contribution in [0.4, 0.5) is 4.79 Å². The zero-order valence-corrected chi connectivity index (χ0v) is 24.7. The van der Waals surface area contributed by atoms with Gasteiger partial charge in [0.05, 0.1) is 20.8 Å². The summed E-state index contributed by atoms with van der Waals surface area (Å²) in [4.78, 5) is 33.6. The van der Waals surface area contributed by atoms with Crippen LogP contribution in [0.15, 0.2) is 30.3 Å². The highest BCUT2D eigenvalue weighted by molar-refractivity contribution is 7.11. The first-order valence-electron chi connectivity index (χ1n) is 14.6. The highest BCUT2D eigenvalue weighted by Gasteiger charge is 2.30. The Bertz CT molecular complexity index is 1080. The summed E-state index contributed by atoms with van der Waals surface area (Å²) >= 11 is 1.72. The Hall–Kier alpha value is -2.74. The normalized spacial score (nSPS) is 16.5. The molecule has 2 aliphatic rings. The Labute approximate surface area is 237 Å². The average molecular weight is 556 g/mol. The van der Waals surface area contributed by atoms with Gasteiger partial charge in [-0.15, -0.1) is 11.3 Å². The van der Waals surface area contributed by atoms with Crippen molar-refractivity contribution in [3.63, 3.8) is 0 Å². The lowest BCUT2D eigenvalue weighted by Crippen LogP contribution is -2.53. The van der Waals surface area contributed by atoms with Crippen LogP contribution < -0.4 is 14.8 Å². The summed E-state index contributed by atoms with van der Waals surface area (Å²) in [5.41, 5.74) is 1.08. The first-order chi connectivity index (χ1) is 19.0. The number of ether oxygens (including phenoxy) is 2. The molecule has 0 bridgehead atoms. The SMILES string of the molecule is COc1ccc(CCN(Cc2ccc(C)s2)C(=O)CN(C(=O)NC2CCCCC2)C2CCCCC2)cc1OC. The maximum Gasteiger partial charge on any atom is 0.318 e. The fraction of sp³-hybridized carbons (Fsp3) is 0.613. The maximum atomic E-state index is 13.9. The van der Waals surface area contributed by atoms with E-state index in [9.17, 15) is 9.59 Å². The number of nitrogens with zero attached hydrogens (tertiary/aromatic N) is 2. The number of rotatable bonds is 11. The van der Waals surface area contributed by atoms with Crippen LogP contribution in [0.25, 0.3) is 0 Å². The predicted molar refractivity (Wildman–Crippen MR) is 157 cm³/mol. The molecule has 0 unspecified atom stereocenters. The molecule has 2 aliphatic carbocycles. The Morgan fingerprint density at radius 2 is 1.62 bits per heavy atom. The Morgan fingerprint density at radius 3 is 2.26 bits per heavy atom. The molecule has 1 aromatic carbocycles. The van der Waals surface area contributed by atoms with Gasteiger partial charge in [0.15, 0.2) is 11.5 Å². The van der Waals surface area contributed by atoms with Gasteiger partial charge in [-0.25, -0.2) is 4.79 Å². The van der Waals surface area contributed by atoms with Crippen molar-refractivity contribution in [1.82, 2.24) is 15.1 Å². The molecule has 0 spiro atoms. The van der Waals surface area contributed by atoms with E-state index in [1.165, 1.54) is 17.7 Å². The number of hydrogen-bond acceptors (Lipinski definition) is 5. The van der Waals surface area contributed by atoms with Crippen molar-refractivity contribution in [1.29, 1.82) is 0 Å². The third-order valence-corrected chi connectivity index (χ3v) is 9.11. The van der Waals surface area contributed by atoms with Gasteiger partial charge in [-0.1, -0.05) is 44.6 Å². The summed E-state index contributed by atoms with van der Waals surface area (Å²) in [5.74, 6) is 1.38. The van der Waals surface area contributed by atoms with Gasteiger partial charge in [0.25, 0.3) is 0 Å². The minimum absolute atomic E-state index is 0.00546. The van der Waals surface area contributed by atoms with Crippen LogP contribution in [0.5, 0.6) is 11.5 Å². The summed E-state index contributed by atoms with van der Waals surface area (Å²) < 4.78 is 10.9. The molecule has 7 nitrogen and oxygen atoms in total. The van der Waals surface area contributed by atoms with E-state index < -0.39 is 0 Å². The molecular weight excluding hydrogens is 510 g/mol. The summed E-state index contributed by atoms with van der Waals surface area (Å²) in [6, 6.07) is 10.4. The summed E-state index contributed by atoms with van der Waals surface area (Å²) in [5, 5.41) is 3.29. The van der Waals surface area contributed by atoms with E-state index in [0.29, 0.717) is 31.0 Å². The molecule has 0 saturated heterocycles. The minimum atomic E-state index is -0.0611. The second-order valence-electron chi connectivity index (χ2n) is 11.0. The first kappa shape index (κ1) is 29.2. The molecule has 214 valence electrons. The van der Waals surface area contributed by atoms with E-state index in [-0.39, 0.29) is 30.6 Å². The van der Waals surface area contributed by atoms with Crippen molar-refractivity contribution in [2.75, 3.05) is 27.3 Å². The van der Waals surface area contributed by atoms with Gasteiger partial charge < -0.3 is 24.6 Å². The third-order valence-electron chi connectivity index (χ3n) is 8.13. The van der Waals surface area contributed by atoms with Gasteiger partial charge in [-0.3, -0.25) is 4.79 Å². The first-order valence-corrected chi connectivity index (χ1v) is 15.4. The number of nitrogens with one attached hydrogen (secondary N) is 1. The molecule has 1 heterocycles. The second-order valence-corrected chi connectivity index (χ2v) is 12.3. The van der Waals surface area contributed by atoms with Crippen LogP contribution in [0.3, 0.4) is 0 Å². The molecule has 1 N–H and O–H groups in total. The largest absolute Gasteiger partial charge is 0.493 e. The molecule has 2 saturated carbocycles. The van der Waals surface area contributed by atoms with Gasteiger partial charge >= 0.3 is 6.03 Å². The van der Waals surface area contributed by atoms with Gasteiger partial charge in [-0.2, -0.15) is 0 Å². The standard InChI is InChI=1S/C31H45N3O4S/c1-23-14-16-27(39-23)21-33(19-18-24-15-17-28(37-2)29(20-24)38-3)30(35)22-34(26-12-8-5-9-13-26)31(36)32-25-10-6-4-7-11-25/h14-17,20,25-26H,4-13,18-19,21-22H2,1-3H3,(H,32,36). The van der Waals surface area contributed by atoms with Crippen LogP contribution in [-0.2, 0) is 17.8 Å². The zero-order chi connectivity index (χ0) is 27.6. The zero-order valence-electron chi connectivity index (χ0n) is 23.9. The lowest BCUT2D eigenvalue weighted by atomic mass is 9.94. The molecule has 1 aromatic heterocycles. The number of hydrogen-bond donors (Lipinski definition) is 1. The highest BCUT2D eigenvalue weighted by Crippen LogP contribution is 2.28. The Kier molecular flexibility index (Phi) is 10.9. The van der Waals surface area contributed by atoms with Crippen molar-refractivity contribution >= 4 is 23.3 Å².